The smallest absolute Gasteiger partial charge is 0.0859 e. The SMILES string of the molecule is CCCCOCc1ccc(N=Nc2ccc(N=Nc3ccc(N4CCSC4)cc3)cc2)cc1C. The largest absolute Gasteiger partial charge is 0.377 e. The molecule has 1 heterocycles. The van der Waals surface area contributed by atoms with Crippen LogP contribution in [0.3, 0.4) is 0 Å². The van der Waals surface area contributed by atoms with Gasteiger partial charge < -0.3 is 9.64 Å². The van der Waals surface area contributed by atoms with Gasteiger partial charge in [0.1, 0.15) is 0 Å². The third-order valence-electron chi connectivity index (χ3n) is 5.61. The molecule has 4 rings (SSSR count). The molecule has 34 heavy (non-hydrogen) atoms. The van der Waals surface area contributed by atoms with Gasteiger partial charge in [0.2, 0.25) is 0 Å². The highest BCUT2D eigenvalue weighted by Crippen LogP contribution is 2.27. The molecule has 0 spiro atoms. The first-order valence-electron chi connectivity index (χ1n) is 11.7. The van der Waals surface area contributed by atoms with Crippen molar-refractivity contribution < 1.29 is 4.74 Å². The maximum Gasteiger partial charge on any atom is 0.0859 e. The van der Waals surface area contributed by atoms with E-state index in [1.807, 2.05) is 60.3 Å². The first-order chi connectivity index (χ1) is 16.7. The van der Waals surface area contributed by atoms with Crippen molar-refractivity contribution >= 4 is 40.2 Å². The fourth-order valence-electron chi connectivity index (χ4n) is 3.50. The number of hydrogen-bond donors (Lipinski definition) is 0. The molecule has 0 amide bonds. The average molecular weight is 474 g/mol. The molecule has 0 saturated carbocycles. The van der Waals surface area contributed by atoms with E-state index in [9.17, 15) is 0 Å². The molecule has 0 bridgehead atoms. The summed E-state index contributed by atoms with van der Waals surface area (Å²) < 4.78 is 5.72. The van der Waals surface area contributed by atoms with Crippen LogP contribution < -0.4 is 4.90 Å². The highest BCUT2D eigenvalue weighted by molar-refractivity contribution is 7.99. The van der Waals surface area contributed by atoms with Gasteiger partial charge in [0.05, 0.1) is 35.2 Å². The lowest BCUT2D eigenvalue weighted by atomic mass is 10.1. The van der Waals surface area contributed by atoms with Crippen LogP contribution in [0.2, 0.25) is 0 Å². The summed E-state index contributed by atoms with van der Waals surface area (Å²) in [5.41, 5.74) is 6.82. The number of hydrogen-bond acceptors (Lipinski definition) is 7. The Hall–Kier alpha value is -3.03. The predicted octanol–water partition coefficient (Wildman–Crippen LogP) is 8.65. The van der Waals surface area contributed by atoms with E-state index in [0.717, 1.165) is 60.2 Å². The van der Waals surface area contributed by atoms with Crippen LogP contribution in [0.5, 0.6) is 0 Å². The Bertz CT molecular complexity index is 1110. The summed E-state index contributed by atoms with van der Waals surface area (Å²) in [6, 6.07) is 21.9. The summed E-state index contributed by atoms with van der Waals surface area (Å²) in [5, 5.41) is 17.4. The van der Waals surface area contributed by atoms with Crippen LogP contribution >= 0.6 is 11.8 Å². The third-order valence-corrected chi connectivity index (χ3v) is 6.57. The first-order valence-corrected chi connectivity index (χ1v) is 12.9. The van der Waals surface area contributed by atoms with E-state index in [1.54, 1.807) is 0 Å². The molecule has 1 aliphatic heterocycles. The Balaban J connectivity index is 1.31. The molecule has 3 aromatic carbocycles. The molecule has 0 atom stereocenters. The number of rotatable bonds is 10. The summed E-state index contributed by atoms with van der Waals surface area (Å²) in [6.45, 7) is 6.79. The second-order valence-corrected chi connectivity index (χ2v) is 9.33. The summed E-state index contributed by atoms with van der Waals surface area (Å²) in [4.78, 5) is 2.37. The molecule has 1 aliphatic rings. The number of benzene rings is 3. The minimum Gasteiger partial charge on any atom is -0.377 e. The maximum atomic E-state index is 5.72. The summed E-state index contributed by atoms with van der Waals surface area (Å²) >= 11 is 1.96. The van der Waals surface area contributed by atoms with Gasteiger partial charge in [-0.25, -0.2) is 0 Å². The van der Waals surface area contributed by atoms with E-state index in [-0.39, 0.29) is 0 Å². The van der Waals surface area contributed by atoms with Gasteiger partial charge in [-0.05, 0) is 85.1 Å². The van der Waals surface area contributed by atoms with Crippen LogP contribution in [-0.2, 0) is 11.3 Å². The van der Waals surface area contributed by atoms with Crippen LogP contribution in [0, 0.1) is 6.92 Å². The van der Waals surface area contributed by atoms with E-state index >= 15 is 0 Å². The van der Waals surface area contributed by atoms with Crippen LogP contribution in [0.4, 0.5) is 28.4 Å². The molecule has 0 unspecified atom stereocenters. The van der Waals surface area contributed by atoms with Gasteiger partial charge in [-0.15, -0.1) is 11.8 Å². The van der Waals surface area contributed by atoms with Crippen molar-refractivity contribution in [2.45, 2.75) is 33.3 Å². The first kappa shape index (κ1) is 24.1. The molecule has 7 heteroatoms. The van der Waals surface area contributed by atoms with Gasteiger partial charge in [0.15, 0.2) is 0 Å². The number of ether oxygens (including phenoxy) is 1. The van der Waals surface area contributed by atoms with Crippen molar-refractivity contribution in [2.75, 3.05) is 29.7 Å². The van der Waals surface area contributed by atoms with Gasteiger partial charge in [-0.1, -0.05) is 19.4 Å². The number of aryl methyl sites for hydroxylation is 1. The Morgan fingerprint density at radius 2 is 1.41 bits per heavy atom. The zero-order valence-corrected chi connectivity index (χ0v) is 20.7. The molecule has 3 aromatic rings. The highest BCUT2D eigenvalue weighted by Gasteiger charge is 2.12. The molecule has 0 aliphatic carbocycles. The molecule has 0 N–H and O–H groups in total. The van der Waals surface area contributed by atoms with Crippen molar-refractivity contribution in [3.8, 4) is 0 Å². The van der Waals surface area contributed by atoms with E-state index in [0.29, 0.717) is 6.61 Å². The van der Waals surface area contributed by atoms with E-state index < -0.39 is 0 Å². The summed E-state index contributed by atoms with van der Waals surface area (Å²) in [5.74, 6) is 2.25. The monoisotopic (exact) mass is 473 g/mol. The Morgan fingerprint density at radius 3 is 1.97 bits per heavy atom. The minimum absolute atomic E-state index is 0.640. The minimum atomic E-state index is 0.640. The van der Waals surface area contributed by atoms with Crippen LogP contribution in [0.15, 0.2) is 87.2 Å². The standard InChI is InChI=1S/C27H31N5OS/c1-3-4-16-33-19-22-5-6-26(18-21(22)2)31-30-24-9-7-23(8-10-24)28-29-25-11-13-27(14-12-25)32-15-17-34-20-32/h5-14,18H,3-4,15-17,19-20H2,1-2H3. The molecule has 0 aromatic heterocycles. The Labute approximate surface area is 206 Å². The lowest BCUT2D eigenvalue weighted by Gasteiger charge is -2.16. The number of anilines is 1. The number of thioether (sulfide) groups is 1. The van der Waals surface area contributed by atoms with Crippen LogP contribution in [0.25, 0.3) is 0 Å². The van der Waals surface area contributed by atoms with E-state index in [2.05, 4.69) is 57.4 Å². The van der Waals surface area contributed by atoms with Crippen molar-refractivity contribution in [1.82, 2.24) is 0 Å². The second-order valence-electron chi connectivity index (χ2n) is 8.25. The van der Waals surface area contributed by atoms with Gasteiger partial charge in [-0.2, -0.15) is 20.5 Å². The number of nitrogens with zero attached hydrogens (tertiary/aromatic N) is 5. The topological polar surface area (TPSA) is 61.9 Å². The zero-order chi connectivity index (χ0) is 23.6. The van der Waals surface area contributed by atoms with Crippen molar-refractivity contribution in [1.29, 1.82) is 0 Å². The quantitative estimate of drug-likeness (QED) is 0.219. The zero-order valence-electron chi connectivity index (χ0n) is 19.9. The normalized spacial score (nSPS) is 14.0. The molecular formula is C27H31N5OS. The van der Waals surface area contributed by atoms with Crippen LogP contribution in [-0.4, -0.2) is 24.8 Å². The lowest BCUT2D eigenvalue weighted by molar-refractivity contribution is 0.117. The fourth-order valence-corrected chi connectivity index (χ4v) is 4.47. The third kappa shape index (κ3) is 6.98. The fraction of sp³-hybridized carbons (Fsp3) is 0.333. The maximum absolute atomic E-state index is 5.72. The summed E-state index contributed by atoms with van der Waals surface area (Å²) in [7, 11) is 0. The second kappa shape index (κ2) is 12.4. The number of azo groups is 2. The van der Waals surface area contributed by atoms with Gasteiger partial charge in [0, 0.05) is 24.6 Å². The van der Waals surface area contributed by atoms with Crippen LogP contribution in [0.1, 0.15) is 30.9 Å². The van der Waals surface area contributed by atoms with Crippen molar-refractivity contribution in [2.24, 2.45) is 20.5 Å². The van der Waals surface area contributed by atoms with E-state index in [4.69, 9.17) is 4.74 Å². The predicted molar refractivity (Wildman–Crippen MR) is 142 cm³/mol. The highest BCUT2D eigenvalue weighted by atomic mass is 32.2. The van der Waals surface area contributed by atoms with Gasteiger partial charge in [-0.3, -0.25) is 0 Å². The van der Waals surface area contributed by atoms with Gasteiger partial charge in [0.25, 0.3) is 0 Å². The number of unbranched alkanes of at least 4 members (excludes halogenated alkanes) is 1. The molecule has 6 nitrogen and oxygen atoms in total. The van der Waals surface area contributed by atoms with Crippen molar-refractivity contribution in [3.63, 3.8) is 0 Å². The lowest BCUT2D eigenvalue weighted by Crippen LogP contribution is -2.17. The molecule has 1 saturated heterocycles. The van der Waals surface area contributed by atoms with Crippen molar-refractivity contribution in [3.05, 3.63) is 77.9 Å². The molecule has 176 valence electrons. The Morgan fingerprint density at radius 1 is 0.824 bits per heavy atom. The average Bonchev–Trinajstić information content (AvgIpc) is 3.41. The summed E-state index contributed by atoms with van der Waals surface area (Å²) in [6.07, 6.45) is 2.24. The molecular weight excluding hydrogens is 442 g/mol. The molecule has 0 radical (unpaired) electrons. The van der Waals surface area contributed by atoms with Gasteiger partial charge >= 0.3 is 0 Å². The molecule has 1 fully saturated rings. The van der Waals surface area contributed by atoms with E-state index in [1.165, 1.54) is 17.0 Å². The Kier molecular flexibility index (Phi) is 8.82.